The summed E-state index contributed by atoms with van der Waals surface area (Å²) in [7, 11) is 0. The second-order valence-electron chi connectivity index (χ2n) is 4.56. The average molecular weight is 250 g/mol. The van der Waals surface area contributed by atoms with Crippen LogP contribution in [0.25, 0.3) is 0 Å². The molecule has 1 saturated heterocycles. The van der Waals surface area contributed by atoms with Crippen LogP contribution in [0.1, 0.15) is 30.8 Å². The summed E-state index contributed by atoms with van der Waals surface area (Å²) < 4.78 is 5.64. The van der Waals surface area contributed by atoms with E-state index < -0.39 is 5.97 Å². The van der Waals surface area contributed by atoms with Crippen LogP contribution in [0.3, 0.4) is 0 Å². The molecule has 0 spiro atoms. The van der Waals surface area contributed by atoms with Gasteiger partial charge in [0, 0.05) is 18.4 Å². The number of carboxylic acid groups (broad SMARTS) is 1. The van der Waals surface area contributed by atoms with Gasteiger partial charge in [-0.2, -0.15) is 0 Å². The number of carboxylic acids is 1. The van der Waals surface area contributed by atoms with Gasteiger partial charge in [0.15, 0.2) is 0 Å². The molecule has 2 heterocycles. The Labute approximate surface area is 106 Å². The zero-order chi connectivity index (χ0) is 13.1. The number of carbonyl (C=O) groups is 1. The molecule has 0 aliphatic carbocycles. The topological polar surface area (TPSA) is 62.7 Å². The molecular formula is C13H18N2O3. The van der Waals surface area contributed by atoms with Crippen molar-refractivity contribution >= 4 is 11.7 Å². The number of aromatic carboxylic acids is 1. The fraction of sp³-hybridized carbons (Fsp3) is 0.538. The summed E-state index contributed by atoms with van der Waals surface area (Å²) >= 11 is 0. The Morgan fingerprint density at radius 1 is 1.67 bits per heavy atom. The lowest BCUT2D eigenvalue weighted by Gasteiger charge is -2.40. The maximum Gasteiger partial charge on any atom is 0.354 e. The molecule has 1 fully saturated rings. The van der Waals surface area contributed by atoms with Crippen LogP contribution in [-0.2, 0) is 4.74 Å². The zero-order valence-corrected chi connectivity index (χ0v) is 10.7. The van der Waals surface area contributed by atoms with E-state index in [2.05, 4.69) is 16.8 Å². The summed E-state index contributed by atoms with van der Waals surface area (Å²) in [5, 5.41) is 8.98. The number of hydrogen-bond acceptors (Lipinski definition) is 4. The quantitative estimate of drug-likeness (QED) is 0.886. The van der Waals surface area contributed by atoms with Crippen LogP contribution in [0.4, 0.5) is 5.69 Å². The minimum Gasteiger partial charge on any atom is -0.477 e. The van der Waals surface area contributed by atoms with Gasteiger partial charge in [0.1, 0.15) is 5.69 Å². The fourth-order valence-electron chi connectivity index (χ4n) is 2.21. The molecule has 18 heavy (non-hydrogen) atoms. The highest BCUT2D eigenvalue weighted by molar-refractivity contribution is 5.86. The van der Waals surface area contributed by atoms with Gasteiger partial charge in [-0.25, -0.2) is 9.78 Å². The van der Waals surface area contributed by atoms with Crippen molar-refractivity contribution in [3.8, 4) is 0 Å². The van der Waals surface area contributed by atoms with Crippen molar-refractivity contribution < 1.29 is 14.6 Å². The van der Waals surface area contributed by atoms with Crippen LogP contribution in [0.2, 0.25) is 0 Å². The molecule has 0 aromatic carbocycles. The normalized spacial score (nSPS) is 24.0. The van der Waals surface area contributed by atoms with Gasteiger partial charge in [0.05, 0.1) is 18.8 Å². The standard InChI is InChI=1S/C13H18N2O3/c1-3-10-8-18-9(2)7-15(10)11-4-5-14-12(6-11)13(16)17/h4-6,9-10H,3,7-8H2,1-2H3,(H,16,17). The minimum absolute atomic E-state index is 0.0847. The van der Waals surface area contributed by atoms with E-state index in [1.165, 1.54) is 0 Å². The molecule has 0 saturated carbocycles. The van der Waals surface area contributed by atoms with E-state index >= 15 is 0 Å². The number of morpholine rings is 1. The highest BCUT2D eigenvalue weighted by Gasteiger charge is 2.26. The number of aromatic nitrogens is 1. The first kappa shape index (κ1) is 12.8. The third kappa shape index (κ3) is 2.61. The predicted octanol–water partition coefficient (Wildman–Crippen LogP) is 1.78. The van der Waals surface area contributed by atoms with Crippen molar-refractivity contribution in [2.75, 3.05) is 18.1 Å². The van der Waals surface area contributed by atoms with E-state index in [1.807, 2.05) is 13.0 Å². The van der Waals surface area contributed by atoms with E-state index in [-0.39, 0.29) is 11.8 Å². The van der Waals surface area contributed by atoms with E-state index in [0.717, 1.165) is 18.7 Å². The van der Waals surface area contributed by atoms with Crippen molar-refractivity contribution in [2.45, 2.75) is 32.4 Å². The monoisotopic (exact) mass is 250 g/mol. The highest BCUT2D eigenvalue weighted by Crippen LogP contribution is 2.23. The Kier molecular flexibility index (Phi) is 3.81. The molecule has 0 radical (unpaired) electrons. The van der Waals surface area contributed by atoms with Gasteiger partial charge in [0.25, 0.3) is 0 Å². The molecule has 98 valence electrons. The summed E-state index contributed by atoms with van der Waals surface area (Å²) in [5.41, 5.74) is 0.992. The van der Waals surface area contributed by atoms with Gasteiger partial charge in [0.2, 0.25) is 0 Å². The third-order valence-corrected chi connectivity index (χ3v) is 3.23. The Morgan fingerprint density at radius 2 is 2.44 bits per heavy atom. The largest absolute Gasteiger partial charge is 0.477 e. The molecular weight excluding hydrogens is 232 g/mol. The summed E-state index contributed by atoms with van der Waals surface area (Å²) in [6, 6.07) is 3.78. The number of ether oxygens (including phenoxy) is 1. The van der Waals surface area contributed by atoms with Gasteiger partial charge < -0.3 is 14.7 Å². The molecule has 2 rings (SSSR count). The Morgan fingerprint density at radius 3 is 3.11 bits per heavy atom. The number of anilines is 1. The van der Waals surface area contributed by atoms with Crippen LogP contribution in [0.5, 0.6) is 0 Å². The summed E-state index contributed by atoms with van der Waals surface area (Å²) in [6.07, 6.45) is 2.68. The first-order chi connectivity index (χ1) is 8.61. The molecule has 0 bridgehead atoms. The van der Waals surface area contributed by atoms with Crippen LogP contribution in [0, 0.1) is 0 Å². The molecule has 1 aromatic rings. The maximum absolute atomic E-state index is 10.9. The van der Waals surface area contributed by atoms with Crippen molar-refractivity contribution in [3.63, 3.8) is 0 Å². The van der Waals surface area contributed by atoms with Crippen LogP contribution < -0.4 is 4.90 Å². The molecule has 5 nitrogen and oxygen atoms in total. The van der Waals surface area contributed by atoms with Crippen molar-refractivity contribution in [2.24, 2.45) is 0 Å². The van der Waals surface area contributed by atoms with E-state index in [4.69, 9.17) is 9.84 Å². The Bertz CT molecular complexity index is 436. The molecule has 1 N–H and O–H groups in total. The van der Waals surface area contributed by atoms with Crippen LogP contribution in [0.15, 0.2) is 18.3 Å². The predicted molar refractivity (Wildman–Crippen MR) is 68.0 cm³/mol. The number of rotatable bonds is 3. The van der Waals surface area contributed by atoms with Gasteiger partial charge in [-0.15, -0.1) is 0 Å². The van der Waals surface area contributed by atoms with Gasteiger partial charge in [-0.3, -0.25) is 0 Å². The molecule has 2 unspecified atom stereocenters. The zero-order valence-electron chi connectivity index (χ0n) is 10.7. The Balaban J connectivity index is 2.27. The van der Waals surface area contributed by atoms with Crippen LogP contribution >= 0.6 is 0 Å². The maximum atomic E-state index is 10.9. The number of hydrogen-bond donors (Lipinski definition) is 1. The summed E-state index contributed by atoms with van der Waals surface area (Å²) in [4.78, 5) is 17.0. The third-order valence-electron chi connectivity index (χ3n) is 3.23. The molecule has 2 atom stereocenters. The second-order valence-corrected chi connectivity index (χ2v) is 4.56. The summed E-state index contributed by atoms with van der Waals surface area (Å²) in [6.45, 7) is 5.60. The highest BCUT2D eigenvalue weighted by atomic mass is 16.5. The summed E-state index contributed by atoms with van der Waals surface area (Å²) in [5.74, 6) is -0.994. The molecule has 1 aliphatic heterocycles. The van der Waals surface area contributed by atoms with Gasteiger partial charge in [-0.1, -0.05) is 6.92 Å². The molecule has 0 amide bonds. The number of nitrogens with zero attached hydrogens (tertiary/aromatic N) is 2. The molecule has 1 aliphatic rings. The first-order valence-electron chi connectivity index (χ1n) is 6.19. The first-order valence-corrected chi connectivity index (χ1v) is 6.19. The lowest BCUT2D eigenvalue weighted by molar-refractivity contribution is 0.0299. The lowest BCUT2D eigenvalue weighted by atomic mass is 10.1. The van der Waals surface area contributed by atoms with Gasteiger partial charge >= 0.3 is 5.97 Å². The van der Waals surface area contributed by atoms with E-state index in [1.54, 1.807) is 12.3 Å². The smallest absolute Gasteiger partial charge is 0.354 e. The lowest BCUT2D eigenvalue weighted by Crippen LogP contribution is -2.48. The average Bonchev–Trinajstić information content (AvgIpc) is 2.39. The molecule has 1 aromatic heterocycles. The fourth-order valence-corrected chi connectivity index (χ4v) is 2.21. The minimum atomic E-state index is -0.994. The van der Waals surface area contributed by atoms with Gasteiger partial charge in [-0.05, 0) is 25.5 Å². The van der Waals surface area contributed by atoms with Crippen LogP contribution in [-0.4, -0.2) is 41.4 Å². The Hall–Kier alpha value is -1.62. The molecule has 5 heteroatoms. The van der Waals surface area contributed by atoms with Crippen molar-refractivity contribution in [1.82, 2.24) is 4.98 Å². The van der Waals surface area contributed by atoms with Crippen molar-refractivity contribution in [1.29, 1.82) is 0 Å². The number of pyridine rings is 1. The van der Waals surface area contributed by atoms with E-state index in [0.29, 0.717) is 12.6 Å². The SMILES string of the molecule is CCC1COC(C)CN1c1ccnc(C(=O)O)c1. The van der Waals surface area contributed by atoms with Crippen molar-refractivity contribution in [3.05, 3.63) is 24.0 Å². The van der Waals surface area contributed by atoms with E-state index in [9.17, 15) is 4.79 Å². The second kappa shape index (κ2) is 5.35.